The minimum Gasteiger partial charge on any atom is -0.494 e. The molecule has 0 spiro atoms. The second kappa shape index (κ2) is 9.83. The van der Waals surface area contributed by atoms with Crippen molar-refractivity contribution < 1.29 is 4.74 Å². The number of rotatable bonds is 7. The van der Waals surface area contributed by atoms with E-state index in [-0.39, 0.29) is 0 Å². The van der Waals surface area contributed by atoms with Gasteiger partial charge in [0, 0.05) is 6.04 Å². The van der Waals surface area contributed by atoms with E-state index < -0.39 is 0 Å². The Kier molecular flexibility index (Phi) is 7.66. The van der Waals surface area contributed by atoms with Crippen LogP contribution in [-0.4, -0.2) is 19.2 Å². The van der Waals surface area contributed by atoms with Gasteiger partial charge in [0.2, 0.25) is 0 Å². The van der Waals surface area contributed by atoms with Gasteiger partial charge in [0.25, 0.3) is 0 Å². The summed E-state index contributed by atoms with van der Waals surface area (Å²) in [7, 11) is 0. The molecular formula is C19H31NO. The molecule has 2 rings (SSSR count). The quantitative estimate of drug-likeness (QED) is 0.724. The zero-order valence-electron chi connectivity index (χ0n) is 13.6. The Balaban J connectivity index is 1.51. The Morgan fingerprint density at radius 3 is 2.57 bits per heavy atom. The predicted molar refractivity (Wildman–Crippen MR) is 90.0 cm³/mol. The minimum absolute atomic E-state index is 0.767. The van der Waals surface area contributed by atoms with Crippen LogP contribution in [0.3, 0.4) is 0 Å². The van der Waals surface area contributed by atoms with Crippen LogP contribution >= 0.6 is 0 Å². The lowest BCUT2D eigenvalue weighted by atomic mass is 9.97. The highest BCUT2D eigenvalue weighted by molar-refractivity contribution is 5.27. The van der Waals surface area contributed by atoms with Crippen LogP contribution in [-0.2, 0) is 0 Å². The minimum atomic E-state index is 0.767. The number of hydrogen-bond donors (Lipinski definition) is 1. The van der Waals surface area contributed by atoms with E-state index in [1.807, 2.05) is 6.07 Å². The second-order valence-electron chi connectivity index (χ2n) is 6.37. The molecule has 1 aliphatic rings. The molecule has 21 heavy (non-hydrogen) atoms. The Morgan fingerprint density at radius 1 is 1.05 bits per heavy atom. The van der Waals surface area contributed by atoms with E-state index >= 15 is 0 Å². The van der Waals surface area contributed by atoms with Crippen LogP contribution in [0.4, 0.5) is 0 Å². The summed E-state index contributed by atoms with van der Waals surface area (Å²) in [6.07, 6.45) is 12.2. The van der Waals surface area contributed by atoms with Crippen molar-refractivity contribution in [1.29, 1.82) is 0 Å². The van der Waals surface area contributed by atoms with Crippen molar-refractivity contribution >= 4 is 0 Å². The first kappa shape index (κ1) is 16.4. The molecule has 0 radical (unpaired) electrons. The summed E-state index contributed by atoms with van der Waals surface area (Å²) >= 11 is 0. The molecule has 1 aliphatic carbocycles. The van der Waals surface area contributed by atoms with Gasteiger partial charge in [-0.25, -0.2) is 0 Å². The van der Waals surface area contributed by atoms with Gasteiger partial charge >= 0.3 is 0 Å². The topological polar surface area (TPSA) is 21.3 Å². The summed E-state index contributed by atoms with van der Waals surface area (Å²) in [6.45, 7) is 4.07. The monoisotopic (exact) mass is 289 g/mol. The maximum absolute atomic E-state index is 5.79. The first-order valence-corrected chi connectivity index (χ1v) is 8.77. The molecule has 0 amide bonds. The average molecular weight is 289 g/mol. The number of benzene rings is 1. The van der Waals surface area contributed by atoms with Crippen molar-refractivity contribution in [1.82, 2.24) is 5.32 Å². The number of ether oxygens (including phenoxy) is 1. The molecule has 0 bridgehead atoms. The summed E-state index contributed by atoms with van der Waals surface area (Å²) in [5.74, 6) is 1.00. The van der Waals surface area contributed by atoms with Crippen molar-refractivity contribution in [2.45, 2.75) is 70.8 Å². The van der Waals surface area contributed by atoms with Crippen LogP contribution in [0, 0.1) is 6.92 Å². The molecule has 1 saturated carbocycles. The smallest absolute Gasteiger partial charge is 0.119 e. The normalized spacial score (nSPS) is 17.2. The third-order valence-corrected chi connectivity index (χ3v) is 4.37. The standard InChI is InChI=1S/C19H31NO/c1-17-10-9-13-19(16-17)21-15-8-7-14-20-18-11-5-3-2-4-6-12-18/h9-10,13,16,18,20H,2-8,11-12,14-15H2,1H3. The van der Waals surface area contributed by atoms with Crippen LogP contribution in [0.2, 0.25) is 0 Å². The first-order valence-electron chi connectivity index (χ1n) is 8.77. The van der Waals surface area contributed by atoms with Crippen LogP contribution in [0.15, 0.2) is 24.3 Å². The summed E-state index contributed by atoms with van der Waals surface area (Å²) in [6, 6.07) is 9.07. The Morgan fingerprint density at radius 2 is 1.81 bits per heavy atom. The van der Waals surface area contributed by atoms with E-state index in [2.05, 4.69) is 30.4 Å². The average Bonchev–Trinajstić information content (AvgIpc) is 2.44. The SMILES string of the molecule is Cc1cccc(OCCCCNC2CCCCCCC2)c1. The fourth-order valence-corrected chi connectivity index (χ4v) is 3.09. The lowest BCUT2D eigenvalue weighted by molar-refractivity contribution is 0.302. The van der Waals surface area contributed by atoms with Gasteiger partial charge in [-0.3, -0.25) is 0 Å². The van der Waals surface area contributed by atoms with E-state index in [1.165, 1.54) is 56.9 Å². The maximum atomic E-state index is 5.79. The van der Waals surface area contributed by atoms with Gasteiger partial charge in [0.05, 0.1) is 6.61 Å². The fraction of sp³-hybridized carbons (Fsp3) is 0.684. The van der Waals surface area contributed by atoms with E-state index in [4.69, 9.17) is 4.74 Å². The molecule has 0 atom stereocenters. The van der Waals surface area contributed by atoms with Gasteiger partial charge in [0.1, 0.15) is 5.75 Å². The molecule has 0 aromatic heterocycles. The lowest BCUT2D eigenvalue weighted by Crippen LogP contribution is -2.30. The fourth-order valence-electron chi connectivity index (χ4n) is 3.09. The molecule has 1 aromatic carbocycles. The van der Waals surface area contributed by atoms with E-state index in [1.54, 1.807) is 0 Å². The molecule has 0 aliphatic heterocycles. The third-order valence-electron chi connectivity index (χ3n) is 4.37. The van der Waals surface area contributed by atoms with E-state index in [9.17, 15) is 0 Å². The van der Waals surface area contributed by atoms with Crippen molar-refractivity contribution in [2.75, 3.05) is 13.2 Å². The Hall–Kier alpha value is -1.02. The number of unbranched alkanes of at least 4 members (excludes halogenated alkanes) is 1. The molecule has 1 N–H and O–H groups in total. The highest BCUT2D eigenvalue weighted by atomic mass is 16.5. The predicted octanol–water partition coefficient (Wildman–Crippen LogP) is 4.86. The number of aryl methyl sites for hydroxylation is 1. The summed E-state index contributed by atoms with van der Waals surface area (Å²) < 4.78 is 5.79. The molecule has 118 valence electrons. The highest BCUT2D eigenvalue weighted by Crippen LogP contribution is 2.17. The molecule has 2 heteroatoms. The van der Waals surface area contributed by atoms with Crippen LogP contribution < -0.4 is 10.1 Å². The molecule has 0 saturated heterocycles. The third kappa shape index (κ3) is 6.99. The number of nitrogens with one attached hydrogen (secondary N) is 1. The van der Waals surface area contributed by atoms with Crippen LogP contribution in [0.25, 0.3) is 0 Å². The van der Waals surface area contributed by atoms with Crippen LogP contribution in [0.1, 0.15) is 63.4 Å². The molecule has 1 aromatic rings. The largest absolute Gasteiger partial charge is 0.494 e. The Bertz CT molecular complexity index is 383. The van der Waals surface area contributed by atoms with E-state index in [0.717, 1.165) is 31.4 Å². The summed E-state index contributed by atoms with van der Waals surface area (Å²) in [5, 5.41) is 3.74. The number of hydrogen-bond acceptors (Lipinski definition) is 2. The van der Waals surface area contributed by atoms with Gasteiger partial charge in [-0.05, 0) is 56.8 Å². The first-order chi connectivity index (χ1) is 10.3. The second-order valence-corrected chi connectivity index (χ2v) is 6.37. The van der Waals surface area contributed by atoms with Crippen molar-refractivity contribution in [3.8, 4) is 5.75 Å². The molecule has 1 fully saturated rings. The summed E-state index contributed by atoms with van der Waals surface area (Å²) in [5.41, 5.74) is 1.26. The van der Waals surface area contributed by atoms with Crippen LogP contribution in [0.5, 0.6) is 5.75 Å². The lowest BCUT2D eigenvalue weighted by Gasteiger charge is -2.21. The van der Waals surface area contributed by atoms with Crippen molar-refractivity contribution in [3.05, 3.63) is 29.8 Å². The zero-order valence-corrected chi connectivity index (χ0v) is 13.6. The van der Waals surface area contributed by atoms with Crippen molar-refractivity contribution in [3.63, 3.8) is 0 Å². The molecule has 0 heterocycles. The zero-order chi connectivity index (χ0) is 14.8. The van der Waals surface area contributed by atoms with Gasteiger partial charge < -0.3 is 10.1 Å². The summed E-state index contributed by atoms with van der Waals surface area (Å²) in [4.78, 5) is 0. The highest BCUT2D eigenvalue weighted by Gasteiger charge is 2.09. The van der Waals surface area contributed by atoms with Crippen molar-refractivity contribution in [2.24, 2.45) is 0 Å². The van der Waals surface area contributed by atoms with E-state index in [0.29, 0.717) is 0 Å². The Labute approximate surface area is 130 Å². The van der Waals surface area contributed by atoms with Gasteiger partial charge in [-0.1, -0.05) is 44.2 Å². The van der Waals surface area contributed by atoms with Gasteiger partial charge in [-0.2, -0.15) is 0 Å². The molecular weight excluding hydrogens is 258 g/mol. The van der Waals surface area contributed by atoms with Gasteiger partial charge in [0.15, 0.2) is 0 Å². The maximum Gasteiger partial charge on any atom is 0.119 e. The molecule has 0 unspecified atom stereocenters. The molecule has 2 nitrogen and oxygen atoms in total. The van der Waals surface area contributed by atoms with Gasteiger partial charge in [-0.15, -0.1) is 0 Å².